The van der Waals surface area contributed by atoms with E-state index < -0.39 is 5.91 Å². The fourth-order valence-electron chi connectivity index (χ4n) is 2.61. The molecule has 0 aliphatic rings. The van der Waals surface area contributed by atoms with Crippen molar-refractivity contribution >= 4 is 39.1 Å². The van der Waals surface area contributed by atoms with Crippen LogP contribution in [-0.4, -0.2) is 41.2 Å². The first kappa shape index (κ1) is 18.8. The fraction of sp³-hybridized carbons (Fsp3) is 0.312. The highest BCUT2D eigenvalue weighted by molar-refractivity contribution is 9.10. The van der Waals surface area contributed by atoms with Crippen LogP contribution >= 0.6 is 15.9 Å². The summed E-state index contributed by atoms with van der Waals surface area (Å²) in [5.41, 5.74) is 2.30. The van der Waals surface area contributed by atoms with Crippen LogP contribution < -0.4 is 10.6 Å². The summed E-state index contributed by atoms with van der Waals surface area (Å²) < 4.78 is 5.20. The number of nitrogens with zero attached hydrogens (tertiary/aromatic N) is 6. The van der Waals surface area contributed by atoms with Gasteiger partial charge in [0.2, 0.25) is 0 Å². The molecule has 0 unspecified atom stereocenters. The standard InChI is InChI=1S/C16H19BrN8O2/c1-5-25-13(10(17)6-20-25)15(26)22-12-8-19-24(4)14(12)16(27)21-11-7-18-23(3)9(11)2/h6-8H,5H2,1-4H3,(H,21,27)(H,22,26). The van der Waals surface area contributed by atoms with Gasteiger partial charge in [0, 0.05) is 20.6 Å². The van der Waals surface area contributed by atoms with Gasteiger partial charge in [-0.25, -0.2) is 0 Å². The van der Waals surface area contributed by atoms with Crippen LogP contribution in [-0.2, 0) is 20.6 Å². The number of carbonyl (C=O) groups is 2. The Morgan fingerprint density at radius 2 is 1.56 bits per heavy atom. The molecule has 0 bridgehead atoms. The molecule has 0 atom stereocenters. The normalized spacial score (nSPS) is 10.9. The number of hydrogen-bond acceptors (Lipinski definition) is 5. The van der Waals surface area contributed by atoms with Crippen molar-refractivity contribution in [1.82, 2.24) is 29.3 Å². The monoisotopic (exact) mass is 434 g/mol. The number of carbonyl (C=O) groups excluding carboxylic acids is 2. The second-order valence-electron chi connectivity index (χ2n) is 5.86. The molecular formula is C16H19BrN8O2. The number of rotatable bonds is 5. The molecule has 0 fully saturated rings. The highest BCUT2D eigenvalue weighted by atomic mass is 79.9. The quantitative estimate of drug-likeness (QED) is 0.637. The van der Waals surface area contributed by atoms with E-state index in [1.807, 2.05) is 13.8 Å². The van der Waals surface area contributed by atoms with Gasteiger partial charge in [0.15, 0.2) is 0 Å². The molecule has 3 aromatic heterocycles. The number of aryl methyl sites for hydroxylation is 3. The molecule has 27 heavy (non-hydrogen) atoms. The molecule has 3 rings (SSSR count). The molecule has 0 radical (unpaired) electrons. The summed E-state index contributed by atoms with van der Waals surface area (Å²) in [5.74, 6) is -0.787. The Hall–Kier alpha value is -2.95. The highest BCUT2D eigenvalue weighted by Gasteiger charge is 2.23. The van der Waals surface area contributed by atoms with Gasteiger partial charge in [-0.05, 0) is 29.8 Å². The minimum Gasteiger partial charge on any atom is -0.318 e. The molecule has 0 saturated heterocycles. The lowest BCUT2D eigenvalue weighted by Gasteiger charge is -2.10. The Bertz CT molecular complexity index is 1020. The molecule has 0 spiro atoms. The van der Waals surface area contributed by atoms with Crippen molar-refractivity contribution in [2.75, 3.05) is 10.6 Å². The third kappa shape index (κ3) is 3.50. The molecular weight excluding hydrogens is 416 g/mol. The van der Waals surface area contributed by atoms with Gasteiger partial charge >= 0.3 is 0 Å². The molecule has 0 saturated carbocycles. The SMILES string of the molecule is CCn1ncc(Br)c1C(=O)Nc1cnn(C)c1C(=O)Nc1cnn(C)c1C. The minimum atomic E-state index is -0.399. The van der Waals surface area contributed by atoms with Crippen LogP contribution in [0.15, 0.2) is 23.1 Å². The van der Waals surface area contributed by atoms with Gasteiger partial charge in [-0.1, -0.05) is 0 Å². The van der Waals surface area contributed by atoms with Crippen molar-refractivity contribution in [2.45, 2.75) is 20.4 Å². The van der Waals surface area contributed by atoms with E-state index in [9.17, 15) is 9.59 Å². The average Bonchev–Trinajstić information content (AvgIpc) is 3.28. The lowest BCUT2D eigenvalue weighted by molar-refractivity contribution is 0.101. The second-order valence-corrected chi connectivity index (χ2v) is 6.72. The van der Waals surface area contributed by atoms with Crippen molar-refractivity contribution in [1.29, 1.82) is 0 Å². The van der Waals surface area contributed by atoms with E-state index in [0.29, 0.717) is 28.1 Å². The van der Waals surface area contributed by atoms with Crippen molar-refractivity contribution in [3.8, 4) is 0 Å². The Labute approximate surface area is 163 Å². The smallest absolute Gasteiger partial charge is 0.276 e. The Morgan fingerprint density at radius 1 is 0.963 bits per heavy atom. The van der Waals surface area contributed by atoms with Gasteiger partial charge in [0.1, 0.15) is 11.4 Å². The fourth-order valence-corrected chi connectivity index (χ4v) is 3.09. The minimum absolute atomic E-state index is 0.227. The van der Waals surface area contributed by atoms with Crippen molar-refractivity contribution in [3.63, 3.8) is 0 Å². The maximum Gasteiger partial charge on any atom is 0.276 e. The van der Waals surface area contributed by atoms with E-state index >= 15 is 0 Å². The van der Waals surface area contributed by atoms with Gasteiger partial charge in [-0.2, -0.15) is 15.3 Å². The number of anilines is 2. The largest absolute Gasteiger partial charge is 0.318 e. The molecule has 3 aromatic rings. The second kappa shape index (κ2) is 7.35. The lowest BCUT2D eigenvalue weighted by Crippen LogP contribution is -2.22. The van der Waals surface area contributed by atoms with Gasteiger partial charge in [0.25, 0.3) is 11.8 Å². The van der Waals surface area contributed by atoms with Crippen LogP contribution in [0.25, 0.3) is 0 Å². The van der Waals surface area contributed by atoms with Crippen LogP contribution in [0.5, 0.6) is 0 Å². The summed E-state index contributed by atoms with van der Waals surface area (Å²) in [6.07, 6.45) is 4.56. The van der Waals surface area contributed by atoms with E-state index in [4.69, 9.17) is 0 Å². The number of halogens is 1. The number of amides is 2. The van der Waals surface area contributed by atoms with Crippen LogP contribution in [0, 0.1) is 6.92 Å². The molecule has 10 nitrogen and oxygen atoms in total. The zero-order valence-electron chi connectivity index (χ0n) is 15.3. The molecule has 11 heteroatoms. The predicted octanol–water partition coefficient (Wildman–Crippen LogP) is 1.95. The summed E-state index contributed by atoms with van der Waals surface area (Å²) >= 11 is 3.33. The third-order valence-electron chi connectivity index (χ3n) is 4.19. The van der Waals surface area contributed by atoms with E-state index in [-0.39, 0.29) is 11.6 Å². The van der Waals surface area contributed by atoms with Crippen molar-refractivity contribution in [2.24, 2.45) is 14.1 Å². The molecule has 0 aromatic carbocycles. The first-order valence-electron chi connectivity index (χ1n) is 8.18. The van der Waals surface area contributed by atoms with E-state index in [2.05, 4.69) is 41.9 Å². The van der Waals surface area contributed by atoms with Crippen LogP contribution in [0.1, 0.15) is 33.6 Å². The van der Waals surface area contributed by atoms with Gasteiger partial charge < -0.3 is 10.6 Å². The zero-order chi connectivity index (χ0) is 19.7. The van der Waals surface area contributed by atoms with E-state index in [0.717, 1.165) is 5.69 Å². The van der Waals surface area contributed by atoms with Gasteiger partial charge in [-0.15, -0.1) is 0 Å². The molecule has 2 amide bonds. The molecule has 3 heterocycles. The van der Waals surface area contributed by atoms with Gasteiger partial charge in [0.05, 0.1) is 40.1 Å². The maximum absolute atomic E-state index is 12.7. The third-order valence-corrected chi connectivity index (χ3v) is 4.78. The lowest BCUT2D eigenvalue weighted by atomic mass is 10.3. The highest BCUT2D eigenvalue weighted by Crippen LogP contribution is 2.21. The number of nitrogens with one attached hydrogen (secondary N) is 2. The molecule has 0 aliphatic carbocycles. The maximum atomic E-state index is 12.7. The Kier molecular flexibility index (Phi) is 5.13. The molecule has 142 valence electrons. The number of aromatic nitrogens is 6. The molecule has 2 N–H and O–H groups in total. The van der Waals surface area contributed by atoms with Crippen molar-refractivity contribution in [3.05, 3.63) is 40.1 Å². The van der Waals surface area contributed by atoms with Gasteiger partial charge in [-0.3, -0.25) is 23.6 Å². The summed E-state index contributed by atoms with van der Waals surface area (Å²) in [4.78, 5) is 25.4. The summed E-state index contributed by atoms with van der Waals surface area (Å²) in [5, 5.41) is 17.9. The van der Waals surface area contributed by atoms with E-state index in [1.165, 1.54) is 10.9 Å². The topological polar surface area (TPSA) is 112 Å². The predicted molar refractivity (Wildman–Crippen MR) is 103 cm³/mol. The Morgan fingerprint density at radius 3 is 2.19 bits per heavy atom. The summed E-state index contributed by atoms with van der Waals surface area (Å²) in [7, 11) is 3.42. The van der Waals surface area contributed by atoms with Crippen LogP contribution in [0.2, 0.25) is 0 Å². The van der Waals surface area contributed by atoms with E-state index in [1.54, 1.807) is 35.9 Å². The summed E-state index contributed by atoms with van der Waals surface area (Å²) in [6, 6.07) is 0. The first-order valence-corrected chi connectivity index (χ1v) is 8.97. The Balaban J connectivity index is 1.86. The zero-order valence-corrected chi connectivity index (χ0v) is 16.9. The van der Waals surface area contributed by atoms with Crippen LogP contribution in [0.4, 0.5) is 11.4 Å². The summed E-state index contributed by atoms with van der Waals surface area (Å²) in [6.45, 7) is 4.27. The molecule has 0 aliphatic heterocycles. The van der Waals surface area contributed by atoms with Crippen molar-refractivity contribution < 1.29 is 9.59 Å². The van der Waals surface area contributed by atoms with Crippen LogP contribution in [0.3, 0.4) is 0 Å². The first-order chi connectivity index (χ1) is 12.8. The average molecular weight is 435 g/mol. The number of hydrogen-bond donors (Lipinski definition) is 2.